The van der Waals surface area contributed by atoms with Crippen LogP contribution in [0.1, 0.15) is 24.0 Å². The molecular formula is C20H22BrN3O5S2. The molecule has 0 radical (unpaired) electrons. The summed E-state index contributed by atoms with van der Waals surface area (Å²) >= 11 is 3.38. The van der Waals surface area contributed by atoms with Crippen LogP contribution < -0.4 is 14.8 Å². The molecule has 2 aromatic rings. The number of fused-ring (bicyclic) bond motifs is 1. The summed E-state index contributed by atoms with van der Waals surface area (Å²) in [6.45, 7) is 0.606. The minimum absolute atomic E-state index is 0.00147. The largest absolute Gasteiger partial charge is 0.310 e. The van der Waals surface area contributed by atoms with Crippen LogP contribution in [0.25, 0.3) is 0 Å². The third-order valence-electron chi connectivity index (χ3n) is 5.43. The molecule has 0 unspecified atom stereocenters. The monoisotopic (exact) mass is 527 g/mol. The Kier molecular flexibility index (Phi) is 5.99. The summed E-state index contributed by atoms with van der Waals surface area (Å²) in [6, 6.07) is 9.37. The number of rotatable bonds is 7. The van der Waals surface area contributed by atoms with E-state index in [0.29, 0.717) is 29.5 Å². The van der Waals surface area contributed by atoms with Crippen molar-refractivity contribution in [3.63, 3.8) is 0 Å². The molecule has 1 amide bonds. The van der Waals surface area contributed by atoms with Gasteiger partial charge in [0, 0.05) is 23.5 Å². The number of primary sulfonamides is 1. The number of sulfonamides is 2. The molecule has 3 N–H and O–H groups in total. The zero-order valence-electron chi connectivity index (χ0n) is 16.5. The predicted molar refractivity (Wildman–Crippen MR) is 120 cm³/mol. The molecule has 4 rings (SSSR count). The Hall–Kier alpha value is -1.79. The highest BCUT2D eigenvalue weighted by Gasteiger charge is 2.39. The maximum Gasteiger partial charge on any atom is 0.242 e. The van der Waals surface area contributed by atoms with Crippen LogP contribution in [0.15, 0.2) is 50.7 Å². The summed E-state index contributed by atoms with van der Waals surface area (Å²) in [5, 5.41) is 5.09. The summed E-state index contributed by atoms with van der Waals surface area (Å²) in [5.74, 6) is -0.00844. The number of anilines is 1. The number of nitrogens with one attached hydrogen (secondary N) is 1. The Bertz CT molecular complexity index is 1240. The van der Waals surface area contributed by atoms with E-state index in [2.05, 4.69) is 20.7 Å². The standard InChI is InChI=1S/C20H22BrN3O5S2/c21-16-11-15-8-10-24(20(25)14-3-4-14)19(15)18(12-16)31(28,29)23-9-7-13-1-5-17(6-2-13)30(22,26)27/h1-2,5-6,11-12,14,23H,3-4,7-10H2,(H2,22,26,27). The van der Waals surface area contributed by atoms with Crippen LogP contribution >= 0.6 is 15.9 Å². The SMILES string of the molecule is NS(=O)(=O)c1ccc(CCNS(=O)(=O)c2cc(Br)cc3c2N(C(=O)C2CC2)CC3)cc1. The first-order valence-electron chi connectivity index (χ1n) is 9.81. The first kappa shape index (κ1) is 22.4. The Morgan fingerprint density at radius 3 is 2.42 bits per heavy atom. The van der Waals surface area contributed by atoms with Gasteiger partial charge in [0.1, 0.15) is 4.90 Å². The molecule has 11 heteroatoms. The molecule has 0 saturated heterocycles. The zero-order valence-corrected chi connectivity index (χ0v) is 19.8. The van der Waals surface area contributed by atoms with Crippen molar-refractivity contribution in [1.82, 2.24) is 4.72 Å². The van der Waals surface area contributed by atoms with Gasteiger partial charge in [0.25, 0.3) is 0 Å². The Morgan fingerprint density at radius 1 is 1.13 bits per heavy atom. The van der Waals surface area contributed by atoms with E-state index in [4.69, 9.17) is 5.14 Å². The van der Waals surface area contributed by atoms with Gasteiger partial charge < -0.3 is 4.90 Å². The third-order valence-corrected chi connectivity index (χ3v) is 8.29. The first-order chi connectivity index (χ1) is 14.6. The summed E-state index contributed by atoms with van der Waals surface area (Å²) < 4.78 is 52.1. The number of benzene rings is 2. The van der Waals surface area contributed by atoms with Crippen LogP contribution in [0.3, 0.4) is 0 Å². The number of amides is 1. The van der Waals surface area contributed by atoms with E-state index in [1.54, 1.807) is 17.0 Å². The summed E-state index contributed by atoms with van der Waals surface area (Å²) in [5.41, 5.74) is 2.08. The van der Waals surface area contributed by atoms with Gasteiger partial charge in [0.15, 0.2) is 0 Å². The second kappa shape index (κ2) is 8.28. The lowest BCUT2D eigenvalue weighted by molar-refractivity contribution is -0.119. The maximum atomic E-state index is 13.1. The second-order valence-corrected chi connectivity index (χ2v) is 12.0. The number of halogens is 1. The van der Waals surface area contributed by atoms with Crippen molar-refractivity contribution in [3.8, 4) is 0 Å². The van der Waals surface area contributed by atoms with Crippen LogP contribution in [0.4, 0.5) is 5.69 Å². The lowest BCUT2D eigenvalue weighted by Crippen LogP contribution is -2.33. The lowest BCUT2D eigenvalue weighted by Gasteiger charge is -2.21. The van der Waals surface area contributed by atoms with E-state index in [9.17, 15) is 21.6 Å². The number of carbonyl (C=O) groups is 1. The summed E-state index contributed by atoms with van der Waals surface area (Å²) in [7, 11) is -7.64. The maximum absolute atomic E-state index is 13.1. The van der Waals surface area contributed by atoms with Gasteiger partial charge in [-0.15, -0.1) is 0 Å². The van der Waals surface area contributed by atoms with Gasteiger partial charge in [-0.25, -0.2) is 26.7 Å². The van der Waals surface area contributed by atoms with Crippen LogP contribution in [0.2, 0.25) is 0 Å². The molecule has 31 heavy (non-hydrogen) atoms. The van der Waals surface area contributed by atoms with Crippen molar-refractivity contribution in [3.05, 3.63) is 52.0 Å². The Morgan fingerprint density at radius 2 is 1.81 bits per heavy atom. The molecule has 1 aliphatic heterocycles. The predicted octanol–water partition coefficient (Wildman–Crippen LogP) is 1.92. The molecule has 0 spiro atoms. The summed E-state index contributed by atoms with van der Waals surface area (Å²) in [6.07, 6.45) is 2.69. The van der Waals surface area contributed by atoms with Crippen molar-refractivity contribution in [2.24, 2.45) is 11.1 Å². The van der Waals surface area contributed by atoms with Crippen molar-refractivity contribution in [2.75, 3.05) is 18.0 Å². The highest BCUT2D eigenvalue weighted by molar-refractivity contribution is 9.10. The average molecular weight is 528 g/mol. The van der Waals surface area contributed by atoms with Gasteiger partial charge in [-0.1, -0.05) is 28.1 Å². The van der Waals surface area contributed by atoms with Crippen molar-refractivity contribution in [2.45, 2.75) is 35.5 Å². The second-order valence-electron chi connectivity index (χ2n) is 7.76. The van der Waals surface area contributed by atoms with Crippen LogP contribution in [0, 0.1) is 5.92 Å². The fourth-order valence-electron chi connectivity index (χ4n) is 3.70. The van der Waals surface area contributed by atoms with E-state index in [0.717, 1.165) is 24.0 Å². The van der Waals surface area contributed by atoms with Crippen LogP contribution in [-0.4, -0.2) is 35.8 Å². The van der Waals surface area contributed by atoms with Crippen LogP contribution in [0.5, 0.6) is 0 Å². The van der Waals surface area contributed by atoms with Crippen LogP contribution in [-0.2, 0) is 37.7 Å². The van der Waals surface area contributed by atoms with E-state index < -0.39 is 20.0 Å². The fraction of sp³-hybridized carbons (Fsp3) is 0.350. The van der Waals surface area contributed by atoms with Crippen molar-refractivity contribution >= 4 is 47.6 Å². The van der Waals surface area contributed by atoms with Gasteiger partial charge in [-0.2, -0.15) is 0 Å². The molecule has 166 valence electrons. The number of nitrogens with zero attached hydrogens (tertiary/aromatic N) is 1. The zero-order chi connectivity index (χ0) is 22.4. The Labute approximate surface area is 190 Å². The first-order valence-corrected chi connectivity index (χ1v) is 13.6. The Balaban J connectivity index is 1.52. The smallest absolute Gasteiger partial charge is 0.242 e. The highest BCUT2D eigenvalue weighted by atomic mass is 79.9. The molecule has 1 fully saturated rings. The molecule has 1 saturated carbocycles. The minimum atomic E-state index is -3.87. The average Bonchev–Trinajstić information content (AvgIpc) is 3.46. The van der Waals surface area contributed by atoms with Gasteiger partial charge in [0.05, 0.1) is 10.6 Å². The van der Waals surface area contributed by atoms with E-state index in [1.165, 1.54) is 18.2 Å². The molecule has 1 aliphatic carbocycles. The minimum Gasteiger partial charge on any atom is -0.310 e. The van der Waals surface area contributed by atoms with Crippen molar-refractivity contribution in [1.29, 1.82) is 0 Å². The number of hydrogen-bond donors (Lipinski definition) is 2. The highest BCUT2D eigenvalue weighted by Crippen LogP contribution is 2.41. The van der Waals surface area contributed by atoms with Gasteiger partial charge in [0.2, 0.25) is 26.0 Å². The molecule has 8 nitrogen and oxygen atoms in total. The molecular weight excluding hydrogens is 506 g/mol. The quantitative estimate of drug-likeness (QED) is 0.568. The third kappa shape index (κ3) is 4.85. The number of nitrogens with two attached hydrogens (primary N) is 1. The van der Waals surface area contributed by atoms with Gasteiger partial charge >= 0.3 is 0 Å². The summed E-state index contributed by atoms with van der Waals surface area (Å²) in [4.78, 5) is 14.4. The number of carbonyl (C=O) groups excluding carboxylic acids is 1. The van der Waals surface area contributed by atoms with Gasteiger partial charge in [-0.05, 0) is 61.1 Å². The van der Waals surface area contributed by atoms with E-state index >= 15 is 0 Å². The van der Waals surface area contributed by atoms with E-state index in [-0.39, 0.29) is 28.2 Å². The number of hydrogen-bond acceptors (Lipinski definition) is 5. The molecule has 0 atom stereocenters. The molecule has 0 bridgehead atoms. The van der Waals surface area contributed by atoms with E-state index in [1.807, 2.05) is 6.07 Å². The molecule has 2 aromatic carbocycles. The fourth-order valence-corrected chi connectivity index (χ4v) is 6.17. The van der Waals surface area contributed by atoms with Crippen molar-refractivity contribution < 1.29 is 21.6 Å². The topological polar surface area (TPSA) is 127 Å². The van der Waals surface area contributed by atoms with Gasteiger partial charge in [-0.3, -0.25) is 4.79 Å². The molecule has 1 heterocycles. The molecule has 0 aromatic heterocycles. The lowest BCUT2D eigenvalue weighted by atomic mass is 10.2. The normalized spacial score (nSPS) is 16.4. The molecule has 2 aliphatic rings.